The second kappa shape index (κ2) is 5.85. The van der Waals surface area contributed by atoms with Crippen molar-refractivity contribution in [2.45, 2.75) is 0 Å². The molecule has 0 unspecified atom stereocenters. The first-order chi connectivity index (χ1) is 10.7. The Kier molecular flexibility index (Phi) is 3.90. The molecule has 0 spiro atoms. The van der Waals surface area contributed by atoms with E-state index in [-0.39, 0.29) is 5.91 Å². The number of likely N-dealkylation sites (N-methyl/N-ethyl adjacent to an activating group) is 1. The highest BCUT2D eigenvalue weighted by molar-refractivity contribution is 8.18. The van der Waals surface area contributed by atoms with Gasteiger partial charge in [-0.05, 0) is 34.9 Å². The molecule has 0 atom stereocenters. The summed E-state index contributed by atoms with van der Waals surface area (Å²) in [5, 5.41) is 2.81. The molecule has 22 heavy (non-hydrogen) atoms. The number of nitrogens with zero attached hydrogens (tertiary/aromatic N) is 2. The van der Waals surface area contributed by atoms with Crippen molar-refractivity contribution in [2.75, 3.05) is 21.2 Å². The molecule has 1 fully saturated rings. The summed E-state index contributed by atoms with van der Waals surface area (Å²) >= 11 is 1.40. The number of fused-ring (bicyclic) bond motifs is 1. The molecule has 3 rings (SSSR count). The smallest absolute Gasteiger partial charge is 0.266 e. The number of ether oxygens (including phenoxy) is 1. The number of hydrogen-bond donors (Lipinski definition) is 0. The van der Waals surface area contributed by atoms with Crippen molar-refractivity contribution in [3.8, 4) is 5.75 Å². The highest BCUT2D eigenvalue weighted by Crippen LogP contribution is 2.34. The Labute approximate surface area is 133 Å². The monoisotopic (exact) mass is 312 g/mol. The van der Waals surface area contributed by atoms with Crippen LogP contribution in [-0.2, 0) is 4.79 Å². The second-order valence-corrected chi connectivity index (χ2v) is 5.89. The Balaban J connectivity index is 2.13. The van der Waals surface area contributed by atoms with E-state index in [0.29, 0.717) is 10.1 Å². The molecule has 0 aliphatic carbocycles. The van der Waals surface area contributed by atoms with E-state index in [2.05, 4.69) is 4.99 Å². The Morgan fingerprint density at radius 3 is 2.55 bits per heavy atom. The van der Waals surface area contributed by atoms with Gasteiger partial charge in [0, 0.05) is 19.5 Å². The van der Waals surface area contributed by atoms with Gasteiger partial charge in [-0.25, -0.2) is 0 Å². The van der Waals surface area contributed by atoms with Gasteiger partial charge in [-0.3, -0.25) is 14.7 Å². The lowest BCUT2D eigenvalue weighted by atomic mass is 10.0. The summed E-state index contributed by atoms with van der Waals surface area (Å²) in [5.41, 5.74) is 0.998. The van der Waals surface area contributed by atoms with Crippen LogP contribution < -0.4 is 4.74 Å². The van der Waals surface area contributed by atoms with Crippen LogP contribution >= 0.6 is 11.8 Å². The van der Waals surface area contributed by atoms with Crippen LogP contribution in [0.15, 0.2) is 46.3 Å². The number of methoxy groups -OCH3 is 1. The minimum atomic E-state index is -0.0227. The summed E-state index contributed by atoms with van der Waals surface area (Å²) in [6.07, 6.45) is 1.92. The quantitative estimate of drug-likeness (QED) is 0.798. The van der Waals surface area contributed by atoms with Crippen LogP contribution in [0.25, 0.3) is 16.8 Å². The van der Waals surface area contributed by atoms with E-state index < -0.39 is 0 Å². The van der Waals surface area contributed by atoms with E-state index >= 15 is 0 Å². The number of amides is 1. The van der Waals surface area contributed by atoms with Gasteiger partial charge in [0.25, 0.3) is 5.91 Å². The third-order valence-electron chi connectivity index (χ3n) is 3.62. The lowest BCUT2D eigenvalue weighted by molar-refractivity contribution is -0.121. The molecule has 0 aromatic heterocycles. The molecular formula is C17H16N2O2S. The van der Waals surface area contributed by atoms with Gasteiger partial charge in [0.2, 0.25) is 0 Å². The van der Waals surface area contributed by atoms with Crippen LogP contribution in [0.2, 0.25) is 0 Å². The lowest BCUT2D eigenvalue weighted by Crippen LogP contribution is -2.23. The molecule has 1 aliphatic heterocycles. The van der Waals surface area contributed by atoms with Crippen LogP contribution in [0, 0.1) is 0 Å². The van der Waals surface area contributed by atoms with Gasteiger partial charge < -0.3 is 4.74 Å². The van der Waals surface area contributed by atoms with E-state index in [0.717, 1.165) is 22.1 Å². The minimum Gasteiger partial charge on any atom is -0.496 e. The zero-order chi connectivity index (χ0) is 15.7. The van der Waals surface area contributed by atoms with Gasteiger partial charge in [0.05, 0.1) is 12.0 Å². The minimum absolute atomic E-state index is 0.0227. The Hall–Kier alpha value is -2.27. The maximum absolute atomic E-state index is 12.3. The number of aliphatic imine (C=N–C) groups is 1. The Morgan fingerprint density at radius 1 is 1.18 bits per heavy atom. The molecule has 1 saturated heterocycles. The molecular weight excluding hydrogens is 296 g/mol. The van der Waals surface area contributed by atoms with Crippen molar-refractivity contribution in [2.24, 2.45) is 4.99 Å². The number of benzene rings is 2. The maximum atomic E-state index is 12.3. The Bertz CT molecular complexity index is 811. The Morgan fingerprint density at radius 2 is 1.91 bits per heavy atom. The summed E-state index contributed by atoms with van der Waals surface area (Å²) in [7, 11) is 5.09. The van der Waals surface area contributed by atoms with Gasteiger partial charge in [-0.1, -0.05) is 30.3 Å². The van der Waals surface area contributed by atoms with Gasteiger partial charge in [0.1, 0.15) is 5.75 Å². The van der Waals surface area contributed by atoms with Gasteiger partial charge in [-0.15, -0.1) is 0 Å². The van der Waals surface area contributed by atoms with Crippen molar-refractivity contribution in [1.82, 2.24) is 4.90 Å². The predicted octanol–water partition coefficient (Wildman–Crippen LogP) is 3.38. The van der Waals surface area contributed by atoms with Gasteiger partial charge >= 0.3 is 0 Å². The first-order valence-electron chi connectivity index (χ1n) is 6.86. The SMILES string of the molecule is CN=C1S/C(=C\c2ccc(OC)c3ccccc23)C(=O)N1C. The molecule has 2 aromatic rings. The standard InChI is InChI=1S/C17H16N2O2S/c1-18-17-19(2)16(20)15(22-17)10-11-8-9-14(21-3)13-7-5-4-6-12(11)13/h4-10H,1-3H3/b15-10-,18-17?. The average molecular weight is 312 g/mol. The molecule has 0 saturated carbocycles. The summed E-state index contributed by atoms with van der Waals surface area (Å²) < 4.78 is 5.40. The molecule has 2 aromatic carbocycles. The zero-order valence-electron chi connectivity index (χ0n) is 12.7. The summed E-state index contributed by atoms with van der Waals surface area (Å²) in [6.45, 7) is 0. The molecule has 5 heteroatoms. The fourth-order valence-corrected chi connectivity index (χ4v) is 3.41. The van der Waals surface area contributed by atoms with Crippen molar-refractivity contribution in [3.05, 3.63) is 46.9 Å². The topological polar surface area (TPSA) is 41.9 Å². The van der Waals surface area contributed by atoms with E-state index in [9.17, 15) is 4.79 Å². The molecule has 112 valence electrons. The largest absolute Gasteiger partial charge is 0.496 e. The molecule has 0 N–H and O–H groups in total. The first-order valence-corrected chi connectivity index (χ1v) is 7.67. The molecule has 0 radical (unpaired) electrons. The zero-order valence-corrected chi connectivity index (χ0v) is 13.5. The normalized spacial score (nSPS) is 18.7. The average Bonchev–Trinajstić information content (AvgIpc) is 2.83. The lowest BCUT2D eigenvalue weighted by Gasteiger charge is -2.08. The second-order valence-electron chi connectivity index (χ2n) is 4.88. The van der Waals surface area contributed by atoms with Crippen molar-refractivity contribution < 1.29 is 9.53 Å². The van der Waals surface area contributed by atoms with Crippen molar-refractivity contribution in [3.63, 3.8) is 0 Å². The summed E-state index contributed by atoms with van der Waals surface area (Å²) in [4.78, 5) is 18.6. The van der Waals surface area contributed by atoms with Gasteiger partial charge in [-0.2, -0.15) is 0 Å². The van der Waals surface area contributed by atoms with E-state index in [1.54, 1.807) is 26.1 Å². The van der Waals surface area contributed by atoms with Crippen molar-refractivity contribution >= 4 is 39.7 Å². The number of carbonyl (C=O) groups excluding carboxylic acids is 1. The van der Waals surface area contributed by atoms with Crippen LogP contribution in [0.3, 0.4) is 0 Å². The fourth-order valence-electron chi connectivity index (χ4n) is 2.49. The van der Waals surface area contributed by atoms with Crippen LogP contribution in [0.1, 0.15) is 5.56 Å². The highest BCUT2D eigenvalue weighted by atomic mass is 32.2. The number of hydrogen-bond acceptors (Lipinski definition) is 4. The molecule has 1 aliphatic rings. The van der Waals surface area contributed by atoms with E-state index in [1.165, 1.54) is 11.8 Å². The van der Waals surface area contributed by atoms with Crippen molar-refractivity contribution in [1.29, 1.82) is 0 Å². The van der Waals surface area contributed by atoms with Crippen LogP contribution in [0.5, 0.6) is 5.75 Å². The molecule has 4 nitrogen and oxygen atoms in total. The van der Waals surface area contributed by atoms with Gasteiger partial charge in [0.15, 0.2) is 5.17 Å². The first kappa shape index (κ1) is 14.7. The third-order valence-corrected chi connectivity index (χ3v) is 4.77. The number of amidine groups is 1. The third kappa shape index (κ3) is 2.37. The molecule has 1 amide bonds. The number of rotatable bonds is 2. The number of thioether (sulfide) groups is 1. The van der Waals surface area contributed by atoms with Crippen LogP contribution in [-0.4, -0.2) is 37.2 Å². The summed E-state index contributed by atoms with van der Waals surface area (Å²) in [5.74, 6) is 0.807. The summed E-state index contributed by atoms with van der Waals surface area (Å²) in [6, 6.07) is 11.9. The highest BCUT2D eigenvalue weighted by Gasteiger charge is 2.29. The molecule has 0 bridgehead atoms. The molecule has 1 heterocycles. The fraction of sp³-hybridized carbons (Fsp3) is 0.176. The maximum Gasteiger partial charge on any atom is 0.266 e. The number of carbonyl (C=O) groups is 1. The van der Waals surface area contributed by atoms with Crippen LogP contribution in [0.4, 0.5) is 0 Å². The van der Waals surface area contributed by atoms with E-state index in [4.69, 9.17) is 4.74 Å². The predicted molar refractivity (Wildman–Crippen MR) is 92.2 cm³/mol. The van der Waals surface area contributed by atoms with E-state index in [1.807, 2.05) is 42.5 Å².